The van der Waals surface area contributed by atoms with Crippen LogP contribution in [0.1, 0.15) is 31.0 Å². The summed E-state index contributed by atoms with van der Waals surface area (Å²) in [5.74, 6) is -1.86. The van der Waals surface area contributed by atoms with Crippen molar-refractivity contribution in [2.24, 2.45) is 0 Å². The Hall–Kier alpha value is -3.03. The van der Waals surface area contributed by atoms with Crippen LogP contribution in [0.2, 0.25) is 0 Å². The molecule has 1 aromatic carbocycles. The topological polar surface area (TPSA) is 74.3 Å². The number of anilines is 1. The SMILES string of the molecule is C[C@H](NC(=O)[C@@H](C)N1Cc2cnccc2NC1=O)c1ccc(F)cc1F. The van der Waals surface area contributed by atoms with Gasteiger partial charge in [0.15, 0.2) is 0 Å². The van der Waals surface area contributed by atoms with E-state index >= 15 is 0 Å². The smallest absolute Gasteiger partial charge is 0.322 e. The van der Waals surface area contributed by atoms with Crippen LogP contribution in [0.25, 0.3) is 0 Å². The molecule has 0 fully saturated rings. The van der Waals surface area contributed by atoms with Gasteiger partial charge in [0, 0.05) is 29.6 Å². The van der Waals surface area contributed by atoms with Gasteiger partial charge in [-0.05, 0) is 26.0 Å². The molecule has 0 bridgehead atoms. The average molecular weight is 360 g/mol. The van der Waals surface area contributed by atoms with E-state index in [1.54, 1.807) is 32.3 Å². The first kappa shape index (κ1) is 17.8. The van der Waals surface area contributed by atoms with Crippen molar-refractivity contribution >= 4 is 17.6 Å². The molecule has 3 amide bonds. The number of aromatic nitrogens is 1. The van der Waals surface area contributed by atoms with E-state index in [0.29, 0.717) is 5.69 Å². The van der Waals surface area contributed by atoms with Crippen molar-refractivity contribution in [3.8, 4) is 0 Å². The summed E-state index contributed by atoms with van der Waals surface area (Å²) < 4.78 is 26.9. The van der Waals surface area contributed by atoms with Crippen LogP contribution >= 0.6 is 0 Å². The van der Waals surface area contributed by atoms with E-state index in [9.17, 15) is 18.4 Å². The van der Waals surface area contributed by atoms with Gasteiger partial charge in [0.05, 0.1) is 18.3 Å². The number of rotatable bonds is 4. The highest BCUT2D eigenvalue weighted by atomic mass is 19.1. The summed E-state index contributed by atoms with van der Waals surface area (Å²) >= 11 is 0. The van der Waals surface area contributed by atoms with Crippen LogP contribution in [0.4, 0.5) is 19.3 Å². The normalized spacial score (nSPS) is 15.7. The number of nitrogens with one attached hydrogen (secondary N) is 2. The maximum absolute atomic E-state index is 13.9. The number of hydrogen-bond acceptors (Lipinski definition) is 3. The monoisotopic (exact) mass is 360 g/mol. The lowest BCUT2D eigenvalue weighted by Gasteiger charge is -2.33. The minimum atomic E-state index is -0.783. The molecule has 8 heteroatoms. The Bertz CT molecular complexity index is 859. The fourth-order valence-corrected chi connectivity index (χ4v) is 2.84. The molecule has 1 aromatic heterocycles. The van der Waals surface area contributed by atoms with E-state index in [-0.39, 0.29) is 12.1 Å². The number of hydrogen-bond donors (Lipinski definition) is 2. The summed E-state index contributed by atoms with van der Waals surface area (Å²) in [5, 5.41) is 5.37. The van der Waals surface area contributed by atoms with Crippen molar-refractivity contribution in [1.29, 1.82) is 0 Å². The second kappa shape index (κ2) is 7.07. The number of urea groups is 1. The van der Waals surface area contributed by atoms with Crippen LogP contribution in [-0.2, 0) is 11.3 Å². The van der Waals surface area contributed by atoms with Crippen molar-refractivity contribution in [2.45, 2.75) is 32.5 Å². The van der Waals surface area contributed by atoms with Crippen LogP contribution in [0.3, 0.4) is 0 Å². The van der Waals surface area contributed by atoms with E-state index in [2.05, 4.69) is 15.6 Å². The molecule has 26 heavy (non-hydrogen) atoms. The number of carbonyl (C=O) groups is 2. The number of amides is 3. The fraction of sp³-hybridized carbons (Fsp3) is 0.278. The first-order chi connectivity index (χ1) is 12.4. The van der Waals surface area contributed by atoms with Crippen LogP contribution in [0.15, 0.2) is 36.7 Å². The molecule has 3 rings (SSSR count). The van der Waals surface area contributed by atoms with Crippen molar-refractivity contribution in [2.75, 3.05) is 5.32 Å². The Balaban J connectivity index is 1.70. The van der Waals surface area contributed by atoms with Gasteiger partial charge in [-0.2, -0.15) is 0 Å². The molecule has 0 unspecified atom stereocenters. The number of fused-ring (bicyclic) bond motifs is 1. The summed E-state index contributed by atoms with van der Waals surface area (Å²) in [6.45, 7) is 3.42. The molecule has 0 spiro atoms. The highest BCUT2D eigenvalue weighted by Crippen LogP contribution is 2.24. The van der Waals surface area contributed by atoms with Gasteiger partial charge in [-0.25, -0.2) is 13.6 Å². The number of halogens is 2. The summed E-state index contributed by atoms with van der Waals surface area (Å²) in [4.78, 5) is 30.2. The maximum Gasteiger partial charge on any atom is 0.322 e. The summed E-state index contributed by atoms with van der Waals surface area (Å²) in [6.07, 6.45) is 3.20. The number of carbonyl (C=O) groups excluding carboxylic acids is 2. The molecule has 6 nitrogen and oxygen atoms in total. The Kier molecular flexibility index (Phi) is 4.83. The minimum absolute atomic E-state index is 0.171. The van der Waals surface area contributed by atoms with Crippen LogP contribution in [-0.4, -0.2) is 27.9 Å². The van der Waals surface area contributed by atoms with Gasteiger partial charge in [0.1, 0.15) is 17.7 Å². The molecular formula is C18H18F2N4O2. The molecule has 2 atom stereocenters. The first-order valence-corrected chi connectivity index (χ1v) is 8.12. The van der Waals surface area contributed by atoms with Gasteiger partial charge in [-0.1, -0.05) is 6.07 Å². The third-order valence-electron chi connectivity index (χ3n) is 4.38. The van der Waals surface area contributed by atoms with E-state index < -0.39 is 35.7 Å². The Morgan fingerprint density at radius 1 is 1.31 bits per heavy atom. The summed E-state index contributed by atoms with van der Waals surface area (Å²) in [5.41, 5.74) is 1.63. The average Bonchev–Trinajstić information content (AvgIpc) is 2.60. The second-order valence-corrected chi connectivity index (χ2v) is 6.16. The van der Waals surface area contributed by atoms with Gasteiger partial charge in [-0.15, -0.1) is 0 Å². The number of pyridine rings is 1. The highest BCUT2D eigenvalue weighted by molar-refractivity contribution is 5.95. The molecule has 0 saturated heterocycles. The standard InChI is InChI=1S/C18H18F2N4O2/c1-10(14-4-3-13(19)7-15(14)20)22-17(25)11(2)24-9-12-8-21-6-5-16(12)23-18(24)26/h3-8,10-11H,9H2,1-2H3,(H,22,25)(H,23,26)/t10-,11+/m0/s1. The van der Waals surface area contributed by atoms with Crippen LogP contribution < -0.4 is 10.6 Å². The third-order valence-corrected chi connectivity index (χ3v) is 4.38. The quantitative estimate of drug-likeness (QED) is 0.880. The summed E-state index contributed by atoms with van der Waals surface area (Å²) in [6, 6.07) is 3.02. The van der Waals surface area contributed by atoms with Crippen LogP contribution in [0.5, 0.6) is 0 Å². The third kappa shape index (κ3) is 3.49. The Labute approximate surface area is 149 Å². The van der Waals surface area contributed by atoms with Crippen molar-refractivity contribution < 1.29 is 18.4 Å². The van der Waals surface area contributed by atoms with Gasteiger partial charge >= 0.3 is 6.03 Å². The Morgan fingerprint density at radius 2 is 2.08 bits per heavy atom. The van der Waals surface area contributed by atoms with Crippen LogP contribution in [0, 0.1) is 11.6 Å². The van der Waals surface area contributed by atoms with E-state index in [4.69, 9.17) is 0 Å². The predicted molar refractivity (Wildman–Crippen MR) is 91.2 cm³/mol. The maximum atomic E-state index is 13.9. The van der Waals surface area contributed by atoms with Crippen molar-refractivity contribution in [1.82, 2.24) is 15.2 Å². The Morgan fingerprint density at radius 3 is 2.81 bits per heavy atom. The zero-order valence-corrected chi connectivity index (χ0v) is 14.3. The fourth-order valence-electron chi connectivity index (χ4n) is 2.84. The molecule has 1 aliphatic heterocycles. The molecule has 2 N–H and O–H groups in total. The predicted octanol–water partition coefficient (Wildman–Crippen LogP) is 2.97. The highest BCUT2D eigenvalue weighted by Gasteiger charge is 2.31. The van der Waals surface area contributed by atoms with E-state index in [1.165, 1.54) is 11.0 Å². The van der Waals surface area contributed by atoms with Crippen molar-refractivity contribution in [3.63, 3.8) is 0 Å². The van der Waals surface area contributed by atoms with Gasteiger partial charge in [0.25, 0.3) is 0 Å². The molecular weight excluding hydrogens is 342 g/mol. The lowest BCUT2D eigenvalue weighted by molar-refractivity contribution is -0.125. The largest absolute Gasteiger partial charge is 0.348 e. The lowest BCUT2D eigenvalue weighted by Crippen LogP contribution is -2.51. The second-order valence-electron chi connectivity index (χ2n) is 6.16. The first-order valence-electron chi connectivity index (χ1n) is 8.12. The van der Waals surface area contributed by atoms with Gasteiger partial charge in [-0.3, -0.25) is 9.78 Å². The lowest BCUT2D eigenvalue weighted by atomic mass is 10.1. The zero-order chi connectivity index (χ0) is 18.8. The van der Waals surface area contributed by atoms with Gasteiger partial charge in [0.2, 0.25) is 5.91 Å². The number of benzene rings is 1. The molecule has 1 aliphatic rings. The zero-order valence-electron chi connectivity index (χ0n) is 14.3. The van der Waals surface area contributed by atoms with Crippen molar-refractivity contribution in [3.05, 3.63) is 59.4 Å². The molecule has 2 aromatic rings. The number of nitrogens with zero attached hydrogens (tertiary/aromatic N) is 2. The minimum Gasteiger partial charge on any atom is -0.348 e. The molecule has 0 aliphatic carbocycles. The molecule has 136 valence electrons. The van der Waals surface area contributed by atoms with E-state index in [0.717, 1.165) is 17.7 Å². The summed E-state index contributed by atoms with van der Waals surface area (Å²) in [7, 11) is 0. The van der Waals surface area contributed by atoms with Gasteiger partial charge < -0.3 is 15.5 Å². The molecule has 0 saturated carbocycles. The molecule has 0 radical (unpaired) electrons. The molecule has 2 heterocycles. The van der Waals surface area contributed by atoms with E-state index in [1.807, 2.05) is 0 Å².